The summed E-state index contributed by atoms with van der Waals surface area (Å²) in [6.07, 6.45) is 7.18. The van der Waals surface area contributed by atoms with Crippen LogP contribution in [0.15, 0.2) is 72.1 Å². The van der Waals surface area contributed by atoms with Crippen LogP contribution in [0.2, 0.25) is 0 Å². The van der Waals surface area contributed by atoms with E-state index in [1.54, 1.807) is 37.3 Å². The number of allylic oxidation sites excluding steroid dienone is 9. The Morgan fingerprint density at radius 3 is 2.46 bits per heavy atom. The van der Waals surface area contributed by atoms with Crippen LogP contribution in [-0.2, 0) is 14.3 Å². The van der Waals surface area contributed by atoms with Gasteiger partial charge in [-0.25, -0.2) is 0 Å². The third-order valence-electron chi connectivity index (χ3n) is 3.05. The van der Waals surface area contributed by atoms with E-state index in [9.17, 15) is 18.0 Å². The van der Waals surface area contributed by atoms with Crippen LogP contribution in [0.5, 0.6) is 0 Å². The molecule has 0 amide bonds. The summed E-state index contributed by atoms with van der Waals surface area (Å²) in [5, 5.41) is 0. The highest BCUT2D eigenvalue weighted by molar-refractivity contribution is 5.78. The molecular weight excluding hydrogens is 345 g/mol. The lowest BCUT2D eigenvalue weighted by Crippen LogP contribution is -2.14. The van der Waals surface area contributed by atoms with Crippen LogP contribution in [0, 0.1) is 0 Å². The van der Waals surface area contributed by atoms with Crippen molar-refractivity contribution in [1.82, 2.24) is 0 Å². The Morgan fingerprint density at radius 2 is 1.92 bits per heavy atom. The predicted molar refractivity (Wildman–Crippen MR) is 97.6 cm³/mol. The third-order valence-corrected chi connectivity index (χ3v) is 3.05. The topological polar surface area (TPSA) is 35.5 Å². The van der Waals surface area contributed by atoms with Crippen LogP contribution in [0.3, 0.4) is 0 Å². The zero-order valence-corrected chi connectivity index (χ0v) is 15.3. The van der Waals surface area contributed by atoms with Gasteiger partial charge in [-0.3, -0.25) is 4.79 Å². The highest BCUT2D eigenvalue weighted by Gasteiger charge is 2.21. The Morgan fingerprint density at radius 1 is 1.23 bits per heavy atom. The second kappa shape index (κ2) is 12.9. The number of halogens is 3. The normalized spacial score (nSPS) is 15.5. The molecule has 0 aromatic carbocycles. The van der Waals surface area contributed by atoms with Gasteiger partial charge >= 0.3 is 6.18 Å². The lowest BCUT2D eigenvalue weighted by Gasteiger charge is -2.16. The van der Waals surface area contributed by atoms with Gasteiger partial charge in [0, 0.05) is 11.6 Å². The third kappa shape index (κ3) is 12.1. The molecule has 0 rings (SSSR count). The fourth-order valence-corrected chi connectivity index (χ4v) is 1.74. The van der Waals surface area contributed by atoms with Crippen LogP contribution in [0.1, 0.15) is 20.3 Å². The molecule has 3 nitrogen and oxygen atoms in total. The summed E-state index contributed by atoms with van der Waals surface area (Å²) in [6, 6.07) is 0. The number of hydrogen-bond acceptors (Lipinski definition) is 3. The van der Waals surface area contributed by atoms with Crippen molar-refractivity contribution in [2.24, 2.45) is 0 Å². The van der Waals surface area contributed by atoms with Gasteiger partial charge < -0.3 is 9.47 Å². The molecule has 1 unspecified atom stereocenters. The number of hydrogen-bond donors (Lipinski definition) is 0. The summed E-state index contributed by atoms with van der Waals surface area (Å²) in [6.45, 7) is 7.48. The fraction of sp³-hybridized carbons (Fsp3) is 0.350. The Labute approximate surface area is 152 Å². The number of rotatable bonds is 11. The van der Waals surface area contributed by atoms with Crippen LogP contribution < -0.4 is 0 Å². The van der Waals surface area contributed by atoms with Gasteiger partial charge in [-0.2, -0.15) is 13.2 Å². The number of alkyl halides is 3. The van der Waals surface area contributed by atoms with Gasteiger partial charge in [0.15, 0.2) is 0 Å². The first-order valence-electron chi connectivity index (χ1n) is 7.95. The number of methoxy groups -OCH3 is 1. The number of carbonyl (C=O) groups is 1. The standard InChI is InChI=1S/C20H25F3O3/c1-5-10-18(14-24)13-19(25-4)17(3)26-15-16(2)11-8-6-7-9-12-20(21,22)23/h5-6,8-14,17H,1,7,15H2,2-4H3/b8-6?,12-9+,16-11+,18-10+,19-13+. The largest absolute Gasteiger partial charge is 0.498 e. The number of ether oxygens (including phenoxy) is 2. The lowest BCUT2D eigenvalue weighted by atomic mass is 10.2. The summed E-state index contributed by atoms with van der Waals surface area (Å²) in [5.74, 6) is 0.492. The van der Waals surface area contributed by atoms with Gasteiger partial charge in [0.1, 0.15) is 18.1 Å². The molecule has 0 aliphatic rings. The van der Waals surface area contributed by atoms with E-state index in [0.29, 0.717) is 24.2 Å². The van der Waals surface area contributed by atoms with Gasteiger partial charge in [-0.15, -0.1) is 0 Å². The molecule has 6 heteroatoms. The van der Waals surface area contributed by atoms with E-state index < -0.39 is 6.18 Å². The van der Waals surface area contributed by atoms with E-state index in [0.717, 1.165) is 11.6 Å². The maximum atomic E-state index is 11.9. The van der Waals surface area contributed by atoms with Crippen LogP contribution in [-0.4, -0.2) is 32.3 Å². The molecule has 0 bridgehead atoms. The smallest absolute Gasteiger partial charge is 0.409 e. The fourth-order valence-electron chi connectivity index (χ4n) is 1.74. The number of aldehydes is 1. The summed E-state index contributed by atoms with van der Waals surface area (Å²) in [5.41, 5.74) is 1.30. The Kier molecular flexibility index (Phi) is 11.8. The molecule has 144 valence electrons. The summed E-state index contributed by atoms with van der Waals surface area (Å²) < 4.78 is 46.7. The molecule has 0 aliphatic heterocycles. The molecule has 1 atom stereocenters. The summed E-state index contributed by atoms with van der Waals surface area (Å²) in [4.78, 5) is 10.9. The minimum atomic E-state index is -4.28. The minimum Gasteiger partial charge on any atom is -0.498 e. The summed E-state index contributed by atoms with van der Waals surface area (Å²) >= 11 is 0. The number of carbonyl (C=O) groups excluding carboxylic acids is 1. The average Bonchev–Trinajstić information content (AvgIpc) is 2.58. The molecule has 0 aliphatic carbocycles. The molecule has 0 fully saturated rings. The minimum absolute atomic E-state index is 0.196. The van der Waals surface area contributed by atoms with Crippen molar-refractivity contribution in [2.45, 2.75) is 32.5 Å². The monoisotopic (exact) mass is 370 g/mol. The Balaban J connectivity index is 4.59. The quantitative estimate of drug-likeness (QED) is 0.164. The first-order valence-corrected chi connectivity index (χ1v) is 7.95. The molecule has 26 heavy (non-hydrogen) atoms. The van der Waals surface area contributed by atoms with E-state index in [2.05, 4.69) is 6.58 Å². The molecule has 0 saturated heterocycles. The van der Waals surface area contributed by atoms with Crippen molar-refractivity contribution in [3.63, 3.8) is 0 Å². The SMILES string of the molecule is C=C/C=C(C=O)\C=C(\OC)C(C)OC/C(C)=C/C=CC/C=C/C(F)(F)F. The lowest BCUT2D eigenvalue weighted by molar-refractivity contribution is -0.104. The van der Waals surface area contributed by atoms with E-state index in [1.165, 1.54) is 13.2 Å². The van der Waals surface area contributed by atoms with Crippen molar-refractivity contribution in [2.75, 3.05) is 13.7 Å². The van der Waals surface area contributed by atoms with Gasteiger partial charge in [-0.1, -0.05) is 43.0 Å². The van der Waals surface area contributed by atoms with E-state index in [-0.39, 0.29) is 18.6 Å². The second-order valence-electron chi connectivity index (χ2n) is 5.35. The van der Waals surface area contributed by atoms with Gasteiger partial charge in [-0.05, 0) is 31.9 Å². The second-order valence-corrected chi connectivity index (χ2v) is 5.35. The molecule has 0 aromatic heterocycles. The maximum Gasteiger partial charge on any atom is 0.409 e. The molecule has 0 spiro atoms. The first kappa shape index (κ1) is 23.7. The molecular formula is C20H25F3O3. The summed E-state index contributed by atoms with van der Waals surface area (Å²) in [7, 11) is 1.49. The van der Waals surface area contributed by atoms with Crippen LogP contribution in [0.4, 0.5) is 13.2 Å². The maximum absolute atomic E-state index is 11.9. The predicted octanol–water partition coefficient (Wildman–Crippen LogP) is 5.24. The Hall–Kier alpha value is -2.34. The Bertz CT molecular complexity index is 594. The van der Waals surface area contributed by atoms with Gasteiger partial charge in [0.2, 0.25) is 0 Å². The van der Waals surface area contributed by atoms with Crippen molar-refractivity contribution < 1.29 is 27.4 Å². The molecule has 0 saturated carbocycles. The van der Waals surface area contributed by atoms with Crippen molar-refractivity contribution in [3.05, 3.63) is 72.1 Å². The zero-order valence-electron chi connectivity index (χ0n) is 15.3. The zero-order chi connectivity index (χ0) is 20.0. The molecule has 0 N–H and O–H groups in total. The molecule has 0 radical (unpaired) electrons. The van der Waals surface area contributed by atoms with E-state index in [4.69, 9.17) is 9.47 Å². The van der Waals surface area contributed by atoms with Crippen molar-refractivity contribution >= 4 is 6.29 Å². The van der Waals surface area contributed by atoms with Crippen LogP contribution >= 0.6 is 0 Å². The van der Waals surface area contributed by atoms with Gasteiger partial charge in [0.05, 0.1) is 13.7 Å². The highest BCUT2D eigenvalue weighted by atomic mass is 19.4. The molecule has 0 aromatic rings. The van der Waals surface area contributed by atoms with Crippen molar-refractivity contribution in [3.8, 4) is 0 Å². The van der Waals surface area contributed by atoms with Crippen LogP contribution in [0.25, 0.3) is 0 Å². The van der Waals surface area contributed by atoms with Gasteiger partial charge in [0.25, 0.3) is 0 Å². The first-order chi connectivity index (χ1) is 12.2. The van der Waals surface area contributed by atoms with E-state index >= 15 is 0 Å². The molecule has 0 heterocycles. The van der Waals surface area contributed by atoms with Crippen molar-refractivity contribution in [1.29, 1.82) is 0 Å². The highest BCUT2D eigenvalue weighted by Crippen LogP contribution is 2.16. The van der Waals surface area contributed by atoms with E-state index in [1.807, 2.05) is 6.92 Å². The average molecular weight is 370 g/mol.